The van der Waals surface area contributed by atoms with E-state index >= 15 is 0 Å². The molecule has 2 heterocycles. The summed E-state index contributed by atoms with van der Waals surface area (Å²) in [4.78, 5) is 18.2. The van der Waals surface area contributed by atoms with Crippen molar-refractivity contribution in [3.8, 4) is 6.07 Å². The minimum atomic E-state index is -0.888. The predicted molar refractivity (Wildman–Crippen MR) is 80.3 cm³/mol. The second kappa shape index (κ2) is 5.72. The van der Waals surface area contributed by atoms with Crippen LogP contribution in [0.2, 0.25) is 0 Å². The number of aliphatic carboxylic acids is 1. The van der Waals surface area contributed by atoms with Crippen LogP contribution in [-0.4, -0.2) is 28.1 Å². The summed E-state index contributed by atoms with van der Waals surface area (Å²) in [7, 11) is 0. The molecule has 0 amide bonds. The van der Waals surface area contributed by atoms with E-state index in [9.17, 15) is 15.2 Å². The van der Waals surface area contributed by atoms with E-state index in [4.69, 9.17) is 0 Å². The largest absolute Gasteiger partial charge is 0.479 e. The van der Waals surface area contributed by atoms with Gasteiger partial charge in [-0.3, -0.25) is 4.98 Å². The molecular weight excluding hydrogens is 266 g/mol. The van der Waals surface area contributed by atoms with Gasteiger partial charge in [-0.25, -0.2) is 4.79 Å². The zero-order chi connectivity index (χ0) is 15.6. The Kier molecular flexibility index (Phi) is 4.17. The van der Waals surface area contributed by atoms with E-state index in [-0.39, 0.29) is 0 Å². The lowest BCUT2D eigenvalue weighted by Gasteiger charge is -2.37. The van der Waals surface area contributed by atoms with Crippen LogP contribution in [0.15, 0.2) is 6.07 Å². The first kappa shape index (κ1) is 15.3. The Bertz CT molecular complexity index is 606. The molecule has 0 aliphatic carbocycles. The summed E-state index contributed by atoms with van der Waals surface area (Å²) >= 11 is 0. The molecule has 0 saturated carbocycles. The lowest BCUT2D eigenvalue weighted by molar-refractivity contribution is -0.143. The normalized spacial score (nSPS) is 21.3. The fraction of sp³-hybridized carbons (Fsp3) is 0.562. The number of hydrogen-bond acceptors (Lipinski definition) is 4. The van der Waals surface area contributed by atoms with E-state index in [1.165, 1.54) is 0 Å². The molecule has 112 valence electrons. The lowest BCUT2D eigenvalue weighted by atomic mass is 9.90. The molecule has 1 atom stereocenters. The SMILES string of the molecule is CCCC1(C(=O)O)CCCN1c1cc(C)nc(C)c1C#N. The lowest BCUT2D eigenvalue weighted by Crippen LogP contribution is -2.51. The molecule has 0 aromatic carbocycles. The van der Waals surface area contributed by atoms with Crippen molar-refractivity contribution in [3.05, 3.63) is 23.0 Å². The van der Waals surface area contributed by atoms with E-state index in [2.05, 4.69) is 11.1 Å². The van der Waals surface area contributed by atoms with Crippen molar-refractivity contribution in [1.29, 1.82) is 5.26 Å². The molecule has 21 heavy (non-hydrogen) atoms. The monoisotopic (exact) mass is 287 g/mol. The van der Waals surface area contributed by atoms with Gasteiger partial charge >= 0.3 is 5.97 Å². The first-order valence-corrected chi connectivity index (χ1v) is 7.35. The minimum Gasteiger partial charge on any atom is -0.479 e. The van der Waals surface area contributed by atoms with Gasteiger partial charge in [0.25, 0.3) is 0 Å². The summed E-state index contributed by atoms with van der Waals surface area (Å²) in [5, 5.41) is 19.2. The fourth-order valence-electron chi connectivity index (χ4n) is 3.39. The highest BCUT2D eigenvalue weighted by Crippen LogP contribution is 2.40. The van der Waals surface area contributed by atoms with Crippen molar-refractivity contribution in [2.45, 2.75) is 52.0 Å². The minimum absolute atomic E-state index is 0.490. The first-order valence-electron chi connectivity index (χ1n) is 7.35. The second-order valence-corrected chi connectivity index (χ2v) is 5.70. The number of anilines is 1. The third-order valence-corrected chi connectivity index (χ3v) is 4.26. The van der Waals surface area contributed by atoms with Crippen molar-refractivity contribution in [2.24, 2.45) is 0 Å². The van der Waals surface area contributed by atoms with Crippen LogP contribution in [0.25, 0.3) is 0 Å². The summed E-state index contributed by atoms with van der Waals surface area (Å²) in [6.07, 6.45) is 2.85. The van der Waals surface area contributed by atoms with Crippen LogP contribution >= 0.6 is 0 Å². The van der Waals surface area contributed by atoms with E-state index in [1.54, 1.807) is 6.92 Å². The van der Waals surface area contributed by atoms with Gasteiger partial charge < -0.3 is 10.0 Å². The van der Waals surface area contributed by atoms with Gasteiger partial charge in [-0.15, -0.1) is 0 Å². The van der Waals surface area contributed by atoms with Crippen LogP contribution in [0.3, 0.4) is 0 Å². The van der Waals surface area contributed by atoms with Crippen molar-refractivity contribution in [2.75, 3.05) is 11.4 Å². The summed E-state index contributed by atoms with van der Waals surface area (Å²) in [6.45, 7) is 6.34. The van der Waals surface area contributed by atoms with E-state index in [1.807, 2.05) is 24.8 Å². The topological polar surface area (TPSA) is 77.2 Å². The molecule has 2 rings (SSSR count). The highest BCUT2D eigenvalue weighted by molar-refractivity contribution is 5.85. The summed E-state index contributed by atoms with van der Waals surface area (Å²) in [6, 6.07) is 4.03. The quantitative estimate of drug-likeness (QED) is 0.921. The van der Waals surface area contributed by atoms with E-state index in [0.29, 0.717) is 30.6 Å². The summed E-state index contributed by atoms with van der Waals surface area (Å²) in [5.74, 6) is -0.794. The molecule has 1 fully saturated rings. The number of nitriles is 1. The number of aryl methyl sites for hydroxylation is 2. The third kappa shape index (κ3) is 2.46. The third-order valence-electron chi connectivity index (χ3n) is 4.26. The number of carboxylic acids is 1. The van der Waals surface area contributed by atoms with Gasteiger partial charge in [0.2, 0.25) is 0 Å². The standard InChI is InChI=1S/C16H21N3O2/c1-4-6-16(15(20)21)7-5-8-19(16)14-9-11(2)18-12(3)13(14)10-17/h9H,4-8H2,1-3H3,(H,20,21). The Hall–Kier alpha value is -2.09. The van der Waals surface area contributed by atoms with Crippen LogP contribution < -0.4 is 4.90 Å². The molecule has 1 saturated heterocycles. The highest BCUT2D eigenvalue weighted by Gasteiger charge is 2.47. The Balaban J connectivity index is 2.60. The van der Waals surface area contributed by atoms with Gasteiger partial charge in [-0.2, -0.15) is 5.26 Å². The van der Waals surface area contributed by atoms with Crippen molar-refractivity contribution < 1.29 is 9.90 Å². The van der Waals surface area contributed by atoms with Gasteiger partial charge in [0.15, 0.2) is 0 Å². The van der Waals surface area contributed by atoms with Crippen LogP contribution in [0, 0.1) is 25.2 Å². The highest BCUT2D eigenvalue weighted by atomic mass is 16.4. The number of rotatable bonds is 4. The molecule has 0 bridgehead atoms. The molecule has 5 nitrogen and oxygen atoms in total. The molecule has 1 aromatic heterocycles. The maximum absolute atomic E-state index is 11.9. The van der Waals surface area contributed by atoms with Gasteiger partial charge in [-0.05, 0) is 39.2 Å². The Labute approximate surface area is 125 Å². The zero-order valence-corrected chi connectivity index (χ0v) is 12.8. The van der Waals surface area contributed by atoms with Crippen LogP contribution in [0.1, 0.15) is 49.6 Å². The fourth-order valence-corrected chi connectivity index (χ4v) is 3.39. The van der Waals surface area contributed by atoms with Gasteiger partial charge in [0.05, 0.1) is 16.9 Å². The molecule has 0 radical (unpaired) electrons. The predicted octanol–water partition coefficient (Wildman–Crippen LogP) is 2.79. The van der Waals surface area contributed by atoms with Gasteiger partial charge in [0.1, 0.15) is 11.6 Å². The molecule has 1 N–H and O–H groups in total. The van der Waals surface area contributed by atoms with Crippen LogP contribution in [0.5, 0.6) is 0 Å². The number of pyridine rings is 1. The maximum Gasteiger partial charge on any atom is 0.329 e. The van der Waals surface area contributed by atoms with E-state index < -0.39 is 11.5 Å². The van der Waals surface area contributed by atoms with Crippen molar-refractivity contribution in [3.63, 3.8) is 0 Å². The number of aromatic nitrogens is 1. The molecule has 1 aromatic rings. The molecule has 5 heteroatoms. The molecule has 1 aliphatic rings. The van der Waals surface area contributed by atoms with Crippen molar-refractivity contribution in [1.82, 2.24) is 4.98 Å². The average Bonchev–Trinajstić information content (AvgIpc) is 2.83. The first-order chi connectivity index (χ1) is 9.96. The van der Waals surface area contributed by atoms with Crippen molar-refractivity contribution >= 4 is 11.7 Å². The Morgan fingerprint density at radius 2 is 2.29 bits per heavy atom. The molecule has 1 aliphatic heterocycles. The number of carbonyl (C=O) groups is 1. The van der Waals surface area contributed by atoms with Gasteiger partial charge in [-0.1, -0.05) is 13.3 Å². The molecular formula is C16H21N3O2. The van der Waals surface area contributed by atoms with Crippen LogP contribution in [0.4, 0.5) is 5.69 Å². The number of carboxylic acid groups (broad SMARTS) is 1. The molecule has 0 spiro atoms. The Morgan fingerprint density at radius 3 is 2.86 bits per heavy atom. The number of hydrogen-bond donors (Lipinski definition) is 1. The second-order valence-electron chi connectivity index (χ2n) is 5.70. The van der Waals surface area contributed by atoms with Crippen LogP contribution in [-0.2, 0) is 4.79 Å². The Morgan fingerprint density at radius 1 is 1.57 bits per heavy atom. The number of nitrogens with zero attached hydrogens (tertiary/aromatic N) is 3. The van der Waals surface area contributed by atoms with Gasteiger partial charge in [0, 0.05) is 12.2 Å². The summed E-state index contributed by atoms with van der Waals surface area (Å²) in [5.41, 5.74) is 1.79. The maximum atomic E-state index is 11.9. The zero-order valence-electron chi connectivity index (χ0n) is 12.8. The van der Waals surface area contributed by atoms with E-state index in [0.717, 1.165) is 24.2 Å². The average molecular weight is 287 g/mol. The summed E-state index contributed by atoms with van der Waals surface area (Å²) < 4.78 is 0. The molecule has 1 unspecified atom stereocenters. The smallest absolute Gasteiger partial charge is 0.329 e.